The van der Waals surface area contributed by atoms with Gasteiger partial charge in [-0.25, -0.2) is 0 Å². The zero-order valence-corrected chi connectivity index (χ0v) is 19.1. The molecule has 1 saturated heterocycles. The third kappa shape index (κ3) is 6.32. The molecule has 2 aromatic carbocycles. The molecule has 0 aliphatic carbocycles. The molecular weight excluding hydrogens is 420 g/mol. The Bertz CT molecular complexity index is 1020. The molecule has 4 rings (SSSR count). The van der Waals surface area contributed by atoms with E-state index in [1.54, 1.807) is 7.11 Å². The van der Waals surface area contributed by atoms with Crippen molar-refractivity contribution in [2.75, 3.05) is 26.8 Å². The Morgan fingerprint density at radius 2 is 1.94 bits per heavy atom. The Kier molecular flexibility index (Phi) is 7.57. The number of ether oxygens (including phenoxy) is 2. The molecule has 1 N–H and O–H groups in total. The molecule has 0 saturated carbocycles. The van der Waals surface area contributed by atoms with Gasteiger partial charge in [0.2, 0.25) is 17.6 Å². The van der Waals surface area contributed by atoms with Crippen LogP contribution in [0.4, 0.5) is 0 Å². The Hall–Kier alpha value is -3.39. The SMILES string of the molecule is COc1ccc(OCC(C)NC(=O)C2CCCN(Cc3nc(-c4ccccc4)no3)C2)cc1. The normalized spacial score (nSPS) is 17.3. The molecule has 1 fully saturated rings. The minimum atomic E-state index is -0.0978. The fourth-order valence-electron chi connectivity index (χ4n) is 3.92. The van der Waals surface area contributed by atoms with Gasteiger partial charge in [0, 0.05) is 12.1 Å². The Morgan fingerprint density at radius 3 is 2.70 bits per heavy atom. The molecule has 1 amide bonds. The molecule has 0 spiro atoms. The first-order valence-corrected chi connectivity index (χ1v) is 11.3. The zero-order valence-electron chi connectivity index (χ0n) is 19.1. The maximum atomic E-state index is 12.8. The average Bonchev–Trinajstić information content (AvgIpc) is 3.32. The average molecular weight is 451 g/mol. The van der Waals surface area contributed by atoms with Crippen molar-refractivity contribution < 1.29 is 18.8 Å². The van der Waals surface area contributed by atoms with Crippen LogP contribution in [-0.4, -0.2) is 53.8 Å². The van der Waals surface area contributed by atoms with Crippen molar-refractivity contribution in [3.63, 3.8) is 0 Å². The third-order valence-electron chi connectivity index (χ3n) is 5.68. The molecule has 1 aromatic heterocycles. The van der Waals surface area contributed by atoms with Crippen molar-refractivity contribution in [3.8, 4) is 22.9 Å². The summed E-state index contributed by atoms with van der Waals surface area (Å²) in [6.07, 6.45) is 1.82. The van der Waals surface area contributed by atoms with Crippen LogP contribution in [0.1, 0.15) is 25.7 Å². The van der Waals surface area contributed by atoms with E-state index in [1.165, 1.54) is 0 Å². The number of rotatable bonds is 9. The lowest BCUT2D eigenvalue weighted by Gasteiger charge is -2.31. The fourth-order valence-corrected chi connectivity index (χ4v) is 3.92. The highest BCUT2D eigenvalue weighted by Gasteiger charge is 2.27. The van der Waals surface area contributed by atoms with Crippen LogP contribution in [0, 0.1) is 5.92 Å². The maximum Gasteiger partial charge on any atom is 0.241 e. The van der Waals surface area contributed by atoms with Gasteiger partial charge < -0.3 is 19.3 Å². The topological polar surface area (TPSA) is 89.7 Å². The van der Waals surface area contributed by atoms with E-state index >= 15 is 0 Å². The van der Waals surface area contributed by atoms with E-state index in [0.29, 0.717) is 31.4 Å². The van der Waals surface area contributed by atoms with Crippen molar-refractivity contribution in [3.05, 3.63) is 60.5 Å². The Balaban J connectivity index is 1.24. The highest BCUT2D eigenvalue weighted by molar-refractivity contribution is 5.79. The summed E-state index contributed by atoms with van der Waals surface area (Å²) < 4.78 is 16.4. The largest absolute Gasteiger partial charge is 0.497 e. The lowest BCUT2D eigenvalue weighted by atomic mass is 9.97. The zero-order chi connectivity index (χ0) is 23.0. The number of methoxy groups -OCH3 is 1. The van der Waals surface area contributed by atoms with E-state index in [4.69, 9.17) is 14.0 Å². The summed E-state index contributed by atoms with van der Waals surface area (Å²) in [6, 6.07) is 17.1. The van der Waals surface area contributed by atoms with Gasteiger partial charge in [0.05, 0.1) is 25.6 Å². The number of likely N-dealkylation sites (tertiary alicyclic amines) is 1. The first-order chi connectivity index (χ1) is 16.1. The second-order valence-corrected chi connectivity index (χ2v) is 8.35. The van der Waals surface area contributed by atoms with E-state index in [2.05, 4.69) is 20.4 Å². The lowest BCUT2D eigenvalue weighted by Crippen LogP contribution is -2.46. The number of nitrogens with one attached hydrogen (secondary N) is 1. The number of aromatic nitrogens is 2. The standard InChI is InChI=1S/C25H30N4O4/c1-18(17-32-22-12-10-21(31-2)11-13-22)26-25(30)20-9-6-14-29(15-20)16-23-27-24(28-33-23)19-7-4-3-5-8-19/h3-5,7-8,10-13,18,20H,6,9,14-17H2,1-2H3,(H,26,30). The summed E-state index contributed by atoms with van der Waals surface area (Å²) in [5.74, 6) is 2.66. The van der Waals surface area contributed by atoms with Gasteiger partial charge >= 0.3 is 0 Å². The van der Waals surface area contributed by atoms with Gasteiger partial charge in [0.1, 0.15) is 18.1 Å². The first-order valence-electron chi connectivity index (χ1n) is 11.3. The molecule has 3 aromatic rings. The van der Waals surface area contributed by atoms with Gasteiger partial charge in [-0.1, -0.05) is 35.5 Å². The van der Waals surface area contributed by atoms with Crippen LogP contribution >= 0.6 is 0 Å². The molecule has 8 nitrogen and oxygen atoms in total. The van der Waals surface area contributed by atoms with Crippen molar-refractivity contribution >= 4 is 5.91 Å². The smallest absolute Gasteiger partial charge is 0.241 e. The Labute approximate surface area is 193 Å². The van der Waals surface area contributed by atoms with E-state index < -0.39 is 0 Å². The predicted octanol–water partition coefficient (Wildman–Crippen LogP) is 3.54. The van der Waals surface area contributed by atoms with Gasteiger partial charge in [0.15, 0.2) is 0 Å². The summed E-state index contributed by atoms with van der Waals surface area (Å²) in [7, 11) is 1.63. The molecule has 33 heavy (non-hydrogen) atoms. The van der Waals surface area contributed by atoms with Crippen molar-refractivity contribution in [1.29, 1.82) is 0 Å². The van der Waals surface area contributed by atoms with Gasteiger partial charge in [-0.2, -0.15) is 4.98 Å². The van der Waals surface area contributed by atoms with Gasteiger partial charge in [-0.15, -0.1) is 0 Å². The third-order valence-corrected chi connectivity index (χ3v) is 5.68. The molecule has 8 heteroatoms. The van der Waals surface area contributed by atoms with Gasteiger partial charge in [-0.05, 0) is 50.6 Å². The van der Waals surface area contributed by atoms with E-state index in [0.717, 1.165) is 36.4 Å². The van der Waals surface area contributed by atoms with Crippen LogP contribution in [0.15, 0.2) is 59.1 Å². The number of nitrogens with zero attached hydrogens (tertiary/aromatic N) is 3. The Morgan fingerprint density at radius 1 is 1.18 bits per heavy atom. The molecule has 2 unspecified atom stereocenters. The molecule has 174 valence electrons. The number of hydrogen-bond donors (Lipinski definition) is 1. The quantitative estimate of drug-likeness (QED) is 0.533. The van der Waals surface area contributed by atoms with E-state index in [-0.39, 0.29) is 17.9 Å². The summed E-state index contributed by atoms with van der Waals surface area (Å²) in [5, 5.41) is 7.17. The summed E-state index contributed by atoms with van der Waals surface area (Å²) in [4.78, 5) is 19.5. The summed E-state index contributed by atoms with van der Waals surface area (Å²) in [6.45, 7) is 4.47. The number of piperidine rings is 1. The van der Waals surface area contributed by atoms with Crippen LogP contribution in [0.25, 0.3) is 11.4 Å². The van der Waals surface area contributed by atoms with Gasteiger partial charge in [0.25, 0.3) is 0 Å². The van der Waals surface area contributed by atoms with Crippen molar-refractivity contribution in [2.24, 2.45) is 5.92 Å². The number of benzene rings is 2. The molecule has 0 bridgehead atoms. The molecule has 0 radical (unpaired) electrons. The minimum absolute atomic E-state index is 0.0565. The van der Waals surface area contributed by atoms with Crippen LogP contribution in [0.5, 0.6) is 11.5 Å². The minimum Gasteiger partial charge on any atom is -0.497 e. The number of carbonyl (C=O) groups is 1. The van der Waals surface area contributed by atoms with Crippen molar-refractivity contribution in [1.82, 2.24) is 20.4 Å². The highest BCUT2D eigenvalue weighted by Crippen LogP contribution is 2.21. The molecule has 1 aliphatic rings. The number of hydrogen-bond acceptors (Lipinski definition) is 7. The first kappa shape index (κ1) is 22.8. The second kappa shape index (κ2) is 11.0. The lowest BCUT2D eigenvalue weighted by molar-refractivity contribution is -0.127. The molecule has 2 heterocycles. The number of amides is 1. The van der Waals surface area contributed by atoms with Crippen LogP contribution in [0.2, 0.25) is 0 Å². The van der Waals surface area contributed by atoms with Crippen molar-refractivity contribution in [2.45, 2.75) is 32.4 Å². The second-order valence-electron chi connectivity index (χ2n) is 8.35. The molecule has 1 aliphatic heterocycles. The van der Waals surface area contributed by atoms with Crippen LogP contribution in [-0.2, 0) is 11.3 Å². The van der Waals surface area contributed by atoms with Crippen LogP contribution in [0.3, 0.4) is 0 Å². The highest BCUT2D eigenvalue weighted by atomic mass is 16.5. The number of carbonyl (C=O) groups excluding carboxylic acids is 1. The van der Waals surface area contributed by atoms with Crippen LogP contribution < -0.4 is 14.8 Å². The molecule has 2 atom stereocenters. The van der Waals surface area contributed by atoms with Gasteiger partial charge in [-0.3, -0.25) is 9.69 Å². The van der Waals surface area contributed by atoms with E-state index in [9.17, 15) is 4.79 Å². The monoisotopic (exact) mass is 450 g/mol. The fraction of sp³-hybridized carbons (Fsp3) is 0.400. The predicted molar refractivity (Wildman–Crippen MR) is 124 cm³/mol. The maximum absolute atomic E-state index is 12.8. The summed E-state index contributed by atoms with van der Waals surface area (Å²) in [5.41, 5.74) is 0.925. The van der Waals surface area contributed by atoms with E-state index in [1.807, 2.05) is 61.5 Å². The summed E-state index contributed by atoms with van der Waals surface area (Å²) >= 11 is 0. The molecular formula is C25H30N4O4.